The van der Waals surface area contributed by atoms with Crippen LogP contribution in [0.5, 0.6) is 5.88 Å². The fraction of sp³-hybridized carbons (Fsp3) is 0.442. The molecule has 3 aromatic rings. The van der Waals surface area contributed by atoms with Gasteiger partial charge in [0, 0.05) is 28.5 Å². The summed E-state index contributed by atoms with van der Waals surface area (Å²) in [4.78, 5) is 10.0. The number of aliphatic hydroxyl groups excluding tert-OH is 1. The summed E-state index contributed by atoms with van der Waals surface area (Å²) < 4.78 is 6.45. The minimum absolute atomic E-state index is 0.0283. The minimum atomic E-state index is -0.0283. The summed E-state index contributed by atoms with van der Waals surface area (Å²) >= 11 is 0. The van der Waals surface area contributed by atoms with E-state index in [0.717, 1.165) is 48.9 Å². The molecule has 8 rings (SSSR count). The van der Waals surface area contributed by atoms with E-state index in [1.807, 2.05) is 12.1 Å². The van der Waals surface area contributed by atoms with Gasteiger partial charge in [-0.2, -0.15) is 4.98 Å². The van der Waals surface area contributed by atoms with E-state index in [1.54, 1.807) is 22.8 Å². The van der Waals surface area contributed by atoms with Crippen molar-refractivity contribution in [1.82, 2.24) is 9.97 Å². The van der Waals surface area contributed by atoms with Crippen LogP contribution in [-0.2, 0) is 5.41 Å². The largest absolute Gasteiger partial charge is 0.508 e. The molecule has 1 aromatic heterocycles. The summed E-state index contributed by atoms with van der Waals surface area (Å²) in [5.41, 5.74) is 12.0. The molecule has 1 spiro atoms. The summed E-state index contributed by atoms with van der Waals surface area (Å²) in [6.07, 6.45) is 22.2. The maximum Gasteiger partial charge on any atom is 0.217 e. The van der Waals surface area contributed by atoms with Gasteiger partial charge in [-0.1, -0.05) is 93.3 Å². The van der Waals surface area contributed by atoms with Crippen molar-refractivity contribution >= 4 is 11.1 Å². The van der Waals surface area contributed by atoms with Gasteiger partial charge < -0.3 is 9.84 Å². The summed E-state index contributed by atoms with van der Waals surface area (Å²) in [6, 6.07) is 18.5. The molecular formula is C43H48N2O2. The van der Waals surface area contributed by atoms with Crippen molar-refractivity contribution in [2.75, 3.05) is 6.61 Å². The van der Waals surface area contributed by atoms with Gasteiger partial charge in [0.15, 0.2) is 5.82 Å². The molecule has 4 heteroatoms. The number of aliphatic hydroxyl groups is 1. The molecule has 4 unspecified atom stereocenters. The Kier molecular flexibility index (Phi) is 8.15. The number of rotatable bonds is 9. The Bertz CT molecular complexity index is 1810. The highest BCUT2D eigenvalue weighted by molar-refractivity contribution is 5.87. The Morgan fingerprint density at radius 3 is 2.70 bits per heavy atom. The zero-order valence-corrected chi connectivity index (χ0v) is 28.1. The maximum atomic E-state index is 10.8. The molecule has 0 amide bonds. The summed E-state index contributed by atoms with van der Waals surface area (Å²) in [7, 11) is 0. The smallest absolute Gasteiger partial charge is 0.217 e. The Morgan fingerprint density at radius 2 is 1.83 bits per heavy atom. The van der Waals surface area contributed by atoms with Crippen LogP contribution in [0.2, 0.25) is 0 Å². The lowest BCUT2D eigenvalue weighted by molar-refractivity contribution is 0.225. The van der Waals surface area contributed by atoms with E-state index in [4.69, 9.17) is 14.7 Å². The first-order chi connectivity index (χ1) is 23.1. The Hall–Kier alpha value is -3.92. The summed E-state index contributed by atoms with van der Waals surface area (Å²) in [6.45, 7) is 5.14. The summed E-state index contributed by atoms with van der Waals surface area (Å²) in [5.74, 6) is 3.00. The third-order valence-corrected chi connectivity index (χ3v) is 11.9. The summed E-state index contributed by atoms with van der Waals surface area (Å²) in [5, 5.41) is 10.8. The van der Waals surface area contributed by atoms with Crippen molar-refractivity contribution in [1.29, 1.82) is 0 Å². The molecule has 2 aromatic carbocycles. The average molecular weight is 625 g/mol. The van der Waals surface area contributed by atoms with Crippen LogP contribution in [0.3, 0.4) is 0 Å². The van der Waals surface area contributed by atoms with Gasteiger partial charge >= 0.3 is 0 Å². The van der Waals surface area contributed by atoms with E-state index in [-0.39, 0.29) is 11.2 Å². The van der Waals surface area contributed by atoms with Crippen LogP contribution >= 0.6 is 0 Å². The highest BCUT2D eigenvalue weighted by atomic mass is 16.5. The second-order valence-corrected chi connectivity index (χ2v) is 14.4. The number of fused-ring (bicyclic) bond motifs is 9. The predicted octanol–water partition coefficient (Wildman–Crippen LogP) is 11.0. The number of aromatic nitrogens is 2. The van der Waals surface area contributed by atoms with E-state index in [9.17, 15) is 5.11 Å². The van der Waals surface area contributed by atoms with Crippen LogP contribution in [0.15, 0.2) is 84.2 Å². The molecule has 0 bridgehead atoms. The van der Waals surface area contributed by atoms with Gasteiger partial charge in [-0.15, -0.1) is 0 Å². The third-order valence-electron chi connectivity index (χ3n) is 11.9. The Labute approximate surface area is 280 Å². The van der Waals surface area contributed by atoms with Crippen molar-refractivity contribution in [3.63, 3.8) is 0 Å². The SMILES string of the molecule is CCCCC(CC)COc1cc(-c2ccc3c(c2)C2=C(CCCC2)C32c3ccccc3C3C=CCCC32)nc(C2=C(O)C=CCC2)n1. The van der Waals surface area contributed by atoms with Crippen molar-refractivity contribution in [3.05, 3.63) is 112 Å². The van der Waals surface area contributed by atoms with Gasteiger partial charge in [-0.25, -0.2) is 4.98 Å². The highest BCUT2D eigenvalue weighted by Crippen LogP contribution is 2.67. The molecule has 4 nitrogen and oxygen atoms in total. The number of benzene rings is 2. The molecule has 5 aliphatic carbocycles. The predicted molar refractivity (Wildman–Crippen MR) is 191 cm³/mol. The van der Waals surface area contributed by atoms with Crippen LogP contribution in [0, 0.1) is 11.8 Å². The van der Waals surface area contributed by atoms with Crippen LogP contribution in [-0.4, -0.2) is 21.7 Å². The normalized spacial score (nSPS) is 24.7. The van der Waals surface area contributed by atoms with E-state index < -0.39 is 0 Å². The highest BCUT2D eigenvalue weighted by Gasteiger charge is 2.58. The number of allylic oxidation sites excluding steroid dienone is 7. The second kappa shape index (κ2) is 12.6. The van der Waals surface area contributed by atoms with Gasteiger partial charge in [0.05, 0.1) is 12.3 Å². The number of unbranched alkanes of at least 4 members (excludes halogenated alkanes) is 1. The monoisotopic (exact) mass is 624 g/mol. The van der Waals surface area contributed by atoms with E-state index >= 15 is 0 Å². The fourth-order valence-electron chi connectivity index (χ4n) is 9.57. The van der Waals surface area contributed by atoms with Crippen LogP contribution in [0.25, 0.3) is 22.4 Å². The first-order valence-electron chi connectivity index (χ1n) is 18.4. The van der Waals surface area contributed by atoms with E-state index in [2.05, 4.69) is 68.5 Å². The van der Waals surface area contributed by atoms with Crippen LogP contribution in [0.4, 0.5) is 0 Å². The first kappa shape index (κ1) is 30.4. The zero-order chi connectivity index (χ0) is 32.0. The molecule has 47 heavy (non-hydrogen) atoms. The van der Waals surface area contributed by atoms with Crippen LogP contribution in [0.1, 0.15) is 125 Å². The molecule has 4 atom stereocenters. The maximum absolute atomic E-state index is 10.8. The lowest BCUT2D eigenvalue weighted by atomic mass is 9.62. The number of nitrogens with zero attached hydrogens (tertiary/aromatic N) is 2. The van der Waals surface area contributed by atoms with Crippen LogP contribution < -0.4 is 4.74 Å². The second-order valence-electron chi connectivity index (χ2n) is 14.4. The molecule has 0 radical (unpaired) electrons. The third kappa shape index (κ3) is 5.02. The van der Waals surface area contributed by atoms with Gasteiger partial charge in [0.2, 0.25) is 5.88 Å². The van der Waals surface area contributed by atoms with Gasteiger partial charge in [-0.3, -0.25) is 0 Å². The number of hydrogen-bond donors (Lipinski definition) is 1. The van der Waals surface area contributed by atoms with Crippen molar-refractivity contribution in [2.45, 2.75) is 102 Å². The fourth-order valence-corrected chi connectivity index (χ4v) is 9.57. The zero-order valence-electron chi connectivity index (χ0n) is 28.1. The molecule has 5 aliphatic rings. The number of hydrogen-bond acceptors (Lipinski definition) is 4. The van der Waals surface area contributed by atoms with Crippen molar-refractivity contribution in [2.24, 2.45) is 11.8 Å². The van der Waals surface area contributed by atoms with Crippen molar-refractivity contribution < 1.29 is 9.84 Å². The Morgan fingerprint density at radius 1 is 0.936 bits per heavy atom. The average Bonchev–Trinajstić information content (AvgIpc) is 3.59. The van der Waals surface area contributed by atoms with Gasteiger partial charge in [0.25, 0.3) is 0 Å². The molecule has 0 aliphatic heterocycles. The topological polar surface area (TPSA) is 55.2 Å². The number of ether oxygens (including phenoxy) is 1. The Balaban J connectivity index is 1.25. The lowest BCUT2D eigenvalue weighted by Crippen LogP contribution is -2.35. The molecule has 242 valence electrons. The van der Waals surface area contributed by atoms with E-state index in [0.29, 0.717) is 36.1 Å². The molecule has 1 heterocycles. The van der Waals surface area contributed by atoms with Gasteiger partial charge in [-0.05, 0) is 110 Å². The molecule has 0 saturated carbocycles. The molecule has 0 fully saturated rings. The molecule has 1 N–H and O–H groups in total. The first-order valence-corrected chi connectivity index (χ1v) is 18.4. The molecule has 0 saturated heterocycles. The standard InChI is InChI=1S/C43H48N2O2/c1-3-5-14-28(4-2)27-47-41-26-39(44-42(45-41)33-18-9-13-22-40(33)46)29-23-24-38-34(25-29)32-17-8-12-21-37(32)43(38)35-19-10-6-15-30(35)31-16-7-11-20-36(31)43/h6-7,10,13,15-16,19,22-26,28,31,36,46H,3-5,8-9,11-12,14,17-18,20-21,27H2,1-2H3. The quantitative estimate of drug-likeness (QED) is 0.241. The van der Waals surface area contributed by atoms with Gasteiger partial charge in [0.1, 0.15) is 5.76 Å². The lowest BCUT2D eigenvalue weighted by Gasteiger charge is -2.40. The molecular weight excluding hydrogens is 576 g/mol. The van der Waals surface area contributed by atoms with E-state index in [1.165, 1.54) is 61.6 Å². The minimum Gasteiger partial charge on any atom is -0.508 e. The van der Waals surface area contributed by atoms with Crippen molar-refractivity contribution in [3.8, 4) is 17.1 Å².